The molecule has 2 rings (SSSR count). The molecule has 0 fully saturated rings. The highest BCUT2D eigenvalue weighted by molar-refractivity contribution is 5.48. The van der Waals surface area contributed by atoms with Crippen molar-refractivity contribution in [3.05, 3.63) is 17.6 Å². The van der Waals surface area contributed by atoms with E-state index < -0.39 is 0 Å². The zero-order chi connectivity index (χ0) is 13.0. The lowest BCUT2D eigenvalue weighted by Crippen LogP contribution is -2.36. The van der Waals surface area contributed by atoms with Gasteiger partial charge in [0.05, 0.1) is 0 Å². The fourth-order valence-electron chi connectivity index (χ4n) is 2.49. The second kappa shape index (κ2) is 5.65. The van der Waals surface area contributed by atoms with Crippen LogP contribution in [0.5, 0.6) is 0 Å². The van der Waals surface area contributed by atoms with Crippen molar-refractivity contribution in [2.75, 3.05) is 11.9 Å². The van der Waals surface area contributed by atoms with Gasteiger partial charge in [-0.2, -0.15) is 0 Å². The van der Waals surface area contributed by atoms with Gasteiger partial charge < -0.3 is 10.4 Å². The Labute approximate surface area is 109 Å². The molecule has 0 bridgehead atoms. The average molecular weight is 249 g/mol. The van der Waals surface area contributed by atoms with E-state index in [-0.39, 0.29) is 12.1 Å². The summed E-state index contributed by atoms with van der Waals surface area (Å²) in [5.74, 6) is 0.970. The van der Waals surface area contributed by atoms with Gasteiger partial charge in [-0.3, -0.25) is 0 Å². The zero-order valence-electron chi connectivity index (χ0n) is 11.4. The van der Waals surface area contributed by atoms with Crippen LogP contribution in [0.25, 0.3) is 0 Å². The van der Waals surface area contributed by atoms with Crippen molar-refractivity contribution in [2.45, 2.75) is 57.9 Å². The fourth-order valence-corrected chi connectivity index (χ4v) is 2.49. The van der Waals surface area contributed by atoms with E-state index in [4.69, 9.17) is 0 Å². The van der Waals surface area contributed by atoms with E-state index in [2.05, 4.69) is 29.1 Å². The van der Waals surface area contributed by atoms with Gasteiger partial charge in [0.1, 0.15) is 12.1 Å². The molecule has 1 aromatic heterocycles. The van der Waals surface area contributed by atoms with E-state index in [1.807, 2.05) is 0 Å². The molecular weight excluding hydrogens is 226 g/mol. The van der Waals surface area contributed by atoms with Gasteiger partial charge in [0, 0.05) is 23.4 Å². The predicted octanol–water partition coefficient (Wildman–Crippen LogP) is 2.32. The lowest BCUT2D eigenvalue weighted by molar-refractivity contribution is 0.251. The number of hydrogen-bond acceptors (Lipinski definition) is 4. The summed E-state index contributed by atoms with van der Waals surface area (Å²) in [4.78, 5) is 8.78. The van der Waals surface area contributed by atoms with Crippen molar-refractivity contribution < 1.29 is 5.11 Å². The summed E-state index contributed by atoms with van der Waals surface area (Å²) in [7, 11) is 0. The number of nitrogens with zero attached hydrogens (tertiary/aromatic N) is 2. The minimum absolute atomic E-state index is 0.0890. The van der Waals surface area contributed by atoms with Gasteiger partial charge in [-0.15, -0.1) is 0 Å². The fraction of sp³-hybridized carbons (Fsp3) is 0.714. The minimum atomic E-state index is -0.0890. The number of hydrogen-bond donors (Lipinski definition) is 2. The van der Waals surface area contributed by atoms with Crippen LogP contribution in [0.4, 0.5) is 5.82 Å². The smallest absolute Gasteiger partial charge is 0.133 e. The van der Waals surface area contributed by atoms with E-state index in [9.17, 15) is 5.11 Å². The zero-order valence-corrected chi connectivity index (χ0v) is 11.4. The molecule has 0 saturated heterocycles. The van der Waals surface area contributed by atoms with Crippen molar-refractivity contribution in [2.24, 2.45) is 0 Å². The van der Waals surface area contributed by atoms with Crippen LogP contribution in [0.3, 0.4) is 0 Å². The van der Waals surface area contributed by atoms with Gasteiger partial charge >= 0.3 is 0 Å². The molecule has 1 unspecified atom stereocenters. The third-order valence-corrected chi connectivity index (χ3v) is 3.99. The van der Waals surface area contributed by atoms with Crippen molar-refractivity contribution in [1.29, 1.82) is 0 Å². The van der Waals surface area contributed by atoms with Crippen LogP contribution in [-0.4, -0.2) is 27.2 Å². The van der Waals surface area contributed by atoms with Crippen molar-refractivity contribution in [3.8, 4) is 0 Å². The first-order chi connectivity index (χ1) is 8.68. The summed E-state index contributed by atoms with van der Waals surface area (Å²) >= 11 is 0. The van der Waals surface area contributed by atoms with Gasteiger partial charge in [-0.25, -0.2) is 9.97 Å². The second-order valence-corrected chi connectivity index (χ2v) is 5.37. The number of aryl methyl sites for hydroxylation is 1. The Morgan fingerprint density at radius 3 is 2.83 bits per heavy atom. The van der Waals surface area contributed by atoms with Gasteiger partial charge in [-0.05, 0) is 45.4 Å². The standard InChI is InChI=1S/C14H23N3O/c1-3-14(2,8-9-18)17-13-11-6-4-5-7-12(11)15-10-16-13/h10,18H,3-9H2,1-2H3,(H,15,16,17). The number of aromatic nitrogens is 2. The van der Waals surface area contributed by atoms with E-state index in [0.29, 0.717) is 0 Å². The van der Waals surface area contributed by atoms with Crippen LogP contribution in [0.15, 0.2) is 6.33 Å². The largest absolute Gasteiger partial charge is 0.396 e. The molecule has 18 heavy (non-hydrogen) atoms. The second-order valence-electron chi connectivity index (χ2n) is 5.37. The number of nitrogens with one attached hydrogen (secondary N) is 1. The average Bonchev–Trinajstić information content (AvgIpc) is 2.39. The molecule has 2 N–H and O–H groups in total. The normalized spacial score (nSPS) is 17.9. The highest BCUT2D eigenvalue weighted by atomic mass is 16.3. The Morgan fingerprint density at radius 1 is 1.33 bits per heavy atom. The quantitative estimate of drug-likeness (QED) is 0.841. The SMILES string of the molecule is CCC(C)(CCO)Nc1ncnc2c1CCCC2. The highest BCUT2D eigenvalue weighted by Crippen LogP contribution is 2.28. The van der Waals surface area contributed by atoms with Crippen molar-refractivity contribution >= 4 is 5.82 Å². The minimum Gasteiger partial charge on any atom is -0.396 e. The molecule has 1 heterocycles. The maximum Gasteiger partial charge on any atom is 0.133 e. The molecule has 4 nitrogen and oxygen atoms in total. The van der Waals surface area contributed by atoms with Gasteiger partial charge in [0.15, 0.2) is 0 Å². The maximum atomic E-state index is 9.18. The summed E-state index contributed by atoms with van der Waals surface area (Å²) < 4.78 is 0. The molecule has 0 radical (unpaired) electrons. The first-order valence-corrected chi connectivity index (χ1v) is 6.90. The van der Waals surface area contributed by atoms with Gasteiger partial charge in [-0.1, -0.05) is 6.92 Å². The summed E-state index contributed by atoms with van der Waals surface area (Å²) in [5, 5.41) is 12.7. The molecule has 4 heteroatoms. The molecule has 0 aromatic carbocycles. The molecule has 1 atom stereocenters. The molecule has 0 saturated carbocycles. The van der Waals surface area contributed by atoms with Crippen LogP contribution in [0.2, 0.25) is 0 Å². The van der Waals surface area contributed by atoms with E-state index in [0.717, 1.165) is 31.5 Å². The molecule has 100 valence electrons. The summed E-state index contributed by atoms with van der Waals surface area (Å²) in [5.41, 5.74) is 2.39. The first kappa shape index (κ1) is 13.3. The molecule has 1 aromatic rings. The Kier molecular flexibility index (Phi) is 4.17. The molecule has 0 aliphatic heterocycles. The van der Waals surface area contributed by atoms with E-state index in [1.165, 1.54) is 24.1 Å². The van der Waals surface area contributed by atoms with Crippen LogP contribution in [0.1, 0.15) is 50.8 Å². The highest BCUT2D eigenvalue weighted by Gasteiger charge is 2.24. The summed E-state index contributed by atoms with van der Waals surface area (Å²) in [6.07, 6.45) is 7.94. The Hall–Kier alpha value is -1.16. The van der Waals surface area contributed by atoms with Gasteiger partial charge in [0.25, 0.3) is 0 Å². The number of rotatable bonds is 5. The van der Waals surface area contributed by atoms with Crippen molar-refractivity contribution in [3.63, 3.8) is 0 Å². The van der Waals surface area contributed by atoms with Gasteiger partial charge in [0.2, 0.25) is 0 Å². The molecule has 0 amide bonds. The Balaban J connectivity index is 2.23. The van der Waals surface area contributed by atoms with Crippen LogP contribution < -0.4 is 5.32 Å². The third-order valence-electron chi connectivity index (χ3n) is 3.99. The maximum absolute atomic E-state index is 9.18. The number of fused-ring (bicyclic) bond motifs is 1. The van der Waals surface area contributed by atoms with Crippen LogP contribution in [0, 0.1) is 0 Å². The number of aliphatic hydroxyl groups excluding tert-OH is 1. The van der Waals surface area contributed by atoms with E-state index in [1.54, 1.807) is 6.33 Å². The first-order valence-electron chi connectivity index (χ1n) is 6.90. The monoisotopic (exact) mass is 249 g/mol. The van der Waals surface area contributed by atoms with E-state index >= 15 is 0 Å². The van der Waals surface area contributed by atoms with Crippen LogP contribution >= 0.6 is 0 Å². The number of aliphatic hydroxyl groups is 1. The number of anilines is 1. The lowest BCUT2D eigenvalue weighted by atomic mass is 9.92. The molecule has 0 spiro atoms. The van der Waals surface area contributed by atoms with Crippen molar-refractivity contribution in [1.82, 2.24) is 9.97 Å². The summed E-state index contributed by atoms with van der Waals surface area (Å²) in [6.45, 7) is 4.47. The Morgan fingerprint density at radius 2 is 2.11 bits per heavy atom. The Bertz CT molecular complexity index is 408. The summed E-state index contributed by atoms with van der Waals surface area (Å²) in [6, 6.07) is 0. The molecule has 1 aliphatic carbocycles. The molecule has 1 aliphatic rings. The molecular formula is C14H23N3O. The lowest BCUT2D eigenvalue weighted by Gasteiger charge is -2.31. The topological polar surface area (TPSA) is 58.0 Å². The third kappa shape index (κ3) is 2.80. The predicted molar refractivity (Wildman–Crippen MR) is 72.7 cm³/mol. The van der Waals surface area contributed by atoms with Crippen LogP contribution in [-0.2, 0) is 12.8 Å².